The lowest BCUT2D eigenvalue weighted by Crippen LogP contribution is -2.24. The van der Waals surface area contributed by atoms with Gasteiger partial charge in [0.25, 0.3) is 0 Å². The van der Waals surface area contributed by atoms with E-state index < -0.39 is 6.17 Å². The van der Waals surface area contributed by atoms with Gasteiger partial charge in [0.2, 0.25) is 0 Å². The maximum absolute atomic E-state index is 10.7. The minimum Gasteiger partial charge on any atom is -0.379 e. The van der Waals surface area contributed by atoms with Gasteiger partial charge in [0.1, 0.15) is 0 Å². The van der Waals surface area contributed by atoms with Crippen molar-refractivity contribution in [2.24, 2.45) is 5.18 Å². The topological polar surface area (TPSA) is 97.6 Å². The number of aromatic nitrogens is 2. The number of nitrogens with zero attached hydrogens (tertiary/aromatic N) is 4. The Morgan fingerprint density at radius 2 is 2.14 bits per heavy atom. The first-order chi connectivity index (χ1) is 6.83. The lowest BCUT2D eigenvalue weighted by Gasteiger charge is -2.18. The average molecular weight is 197 g/mol. The molecule has 2 N–H and O–H groups in total. The molecule has 1 aromatic heterocycles. The molecule has 0 radical (unpaired) electrons. The number of rotatable bonds is 3. The maximum atomic E-state index is 10.7. The van der Waals surface area contributed by atoms with Crippen LogP contribution in [0, 0.1) is 4.91 Å². The number of likely N-dealkylation sites (tertiary alicyclic amines) is 1. The first-order valence-electron chi connectivity index (χ1n) is 4.47. The summed E-state index contributed by atoms with van der Waals surface area (Å²) in [6.45, 7) is 1.67. The van der Waals surface area contributed by atoms with Gasteiger partial charge in [-0.15, -0.1) is 4.91 Å². The number of anilines is 1. The van der Waals surface area contributed by atoms with E-state index in [9.17, 15) is 4.91 Å². The van der Waals surface area contributed by atoms with Crippen molar-refractivity contribution < 1.29 is 4.63 Å². The standard InChI is InChI=1S/C7H11N5O2/c8-6-5(10-14-11-6)7(9-13)12-3-1-2-4-12/h7H,1-4H2,(H2,8,11). The molecule has 76 valence electrons. The van der Waals surface area contributed by atoms with Crippen LogP contribution in [0.3, 0.4) is 0 Å². The quantitative estimate of drug-likeness (QED) is 0.709. The van der Waals surface area contributed by atoms with E-state index >= 15 is 0 Å². The second kappa shape index (κ2) is 3.70. The lowest BCUT2D eigenvalue weighted by molar-refractivity contribution is 0.232. The van der Waals surface area contributed by atoms with Crippen LogP contribution in [0.15, 0.2) is 9.81 Å². The lowest BCUT2D eigenvalue weighted by atomic mass is 10.3. The van der Waals surface area contributed by atoms with Crippen LogP contribution in [0.4, 0.5) is 5.82 Å². The van der Waals surface area contributed by atoms with Gasteiger partial charge in [-0.2, -0.15) is 0 Å². The van der Waals surface area contributed by atoms with E-state index in [1.807, 2.05) is 4.90 Å². The summed E-state index contributed by atoms with van der Waals surface area (Å²) in [4.78, 5) is 12.6. The van der Waals surface area contributed by atoms with E-state index in [2.05, 4.69) is 20.1 Å². The molecule has 7 nitrogen and oxygen atoms in total. The number of nitroso groups, excluding NO2 is 1. The fourth-order valence-electron chi connectivity index (χ4n) is 1.66. The number of hydrogen-bond donors (Lipinski definition) is 1. The van der Waals surface area contributed by atoms with Gasteiger partial charge < -0.3 is 5.73 Å². The Morgan fingerprint density at radius 1 is 1.43 bits per heavy atom. The van der Waals surface area contributed by atoms with E-state index in [1.54, 1.807) is 0 Å². The summed E-state index contributed by atoms with van der Waals surface area (Å²) in [6.07, 6.45) is 1.48. The van der Waals surface area contributed by atoms with Crippen molar-refractivity contribution in [2.45, 2.75) is 19.0 Å². The van der Waals surface area contributed by atoms with Crippen LogP contribution in [0.5, 0.6) is 0 Å². The fourth-order valence-corrected chi connectivity index (χ4v) is 1.66. The second-order valence-electron chi connectivity index (χ2n) is 3.26. The Hall–Kier alpha value is -1.50. The largest absolute Gasteiger partial charge is 0.379 e. The minimum absolute atomic E-state index is 0.140. The normalized spacial score (nSPS) is 19.7. The third-order valence-electron chi connectivity index (χ3n) is 2.37. The molecule has 1 aromatic rings. The minimum atomic E-state index is -0.649. The summed E-state index contributed by atoms with van der Waals surface area (Å²) in [5.74, 6) is 0.140. The zero-order valence-corrected chi connectivity index (χ0v) is 7.59. The van der Waals surface area contributed by atoms with Crippen LogP contribution in [0.25, 0.3) is 0 Å². The number of hydrogen-bond acceptors (Lipinski definition) is 7. The van der Waals surface area contributed by atoms with Gasteiger partial charge in [0.15, 0.2) is 17.7 Å². The SMILES string of the molecule is Nc1nonc1C(N=O)N1CCCC1. The van der Waals surface area contributed by atoms with Crippen molar-refractivity contribution in [3.63, 3.8) is 0 Å². The monoisotopic (exact) mass is 197 g/mol. The van der Waals surface area contributed by atoms with Crippen LogP contribution in [-0.2, 0) is 0 Å². The van der Waals surface area contributed by atoms with Gasteiger partial charge in [-0.25, -0.2) is 4.63 Å². The third-order valence-corrected chi connectivity index (χ3v) is 2.37. The molecule has 0 saturated carbocycles. The molecule has 0 bridgehead atoms. The van der Waals surface area contributed by atoms with Gasteiger partial charge in [0, 0.05) is 13.1 Å². The molecular weight excluding hydrogens is 186 g/mol. The van der Waals surface area contributed by atoms with E-state index in [0.29, 0.717) is 5.69 Å². The van der Waals surface area contributed by atoms with Crippen molar-refractivity contribution in [1.29, 1.82) is 0 Å². The molecule has 7 heteroatoms. The van der Waals surface area contributed by atoms with Crippen molar-refractivity contribution in [3.8, 4) is 0 Å². The molecule has 0 aromatic carbocycles. The molecule has 1 atom stereocenters. The Morgan fingerprint density at radius 3 is 2.64 bits per heavy atom. The summed E-state index contributed by atoms with van der Waals surface area (Å²) in [5, 5.41) is 10.0. The van der Waals surface area contributed by atoms with Crippen molar-refractivity contribution in [1.82, 2.24) is 15.2 Å². The molecule has 1 unspecified atom stereocenters. The summed E-state index contributed by atoms with van der Waals surface area (Å²) < 4.78 is 4.44. The zero-order valence-electron chi connectivity index (χ0n) is 7.59. The Balaban J connectivity index is 2.20. The predicted octanol–water partition coefficient (Wildman–Crippen LogP) is 0.513. The van der Waals surface area contributed by atoms with E-state index in [4.69, 9.17) is 5.73 Å². The highest BCUT2D eigenvalue weighted by atomic mass is 16.6. The molecular formula is C7H11N5O2. The maximum Gasteiger partial charge on any atom is 0.195 e. The molecule has 1 fully saturated rings. The van der Waals surface area contributed by atoms with Crippen LogP contribution in [0.2, 0.25) is 0 Å². The van der Waals surface area contributed by atoms with Crippen LogP contribution >= 0.6 is 0 Å². The van der Waals surface area contributed by atoms with Crippen LogP contribution in [-0.4, -0.2) is 28.3 Å². The Kier molecular flexibility index (Phi) is 2.40. The molecule has 2 rings (SSSR count). The molecule has 0 spiro atoms. The van der Waals surface area contributed by atoms with Gasteiger partial charge in [-0.05, 0) is 28.3 Å². The summed E-state index contributed by atoms with van der Waals surface area (Å²) in [6, 6.07) is 0. The molecule has 14 heavy (non-hydrogen) atoms. The van der Waals surface area contributed by atoms with E-state index in [0.717, 1.165) is 25.9 Å². The number of nitrogens with two attached hydrogens (primary N) is 1. The Bertz CT molecular complexity index is 320. The second-order valence-corrected chi connectivity index (χ2v) is 3.26. The van der Waals surface area contributed by atoms with Gasteiger partial charge >= 0.3 is 0 Å². The van der Waals surface area contributed by atoms with Gasteiger partial charge in [0.05, 0.1) is 0 Å². The molecule has 0 aliphatic carbocycles. The summed E-state index contributed by atoms with van der Waals surface area (Å²) in [5.41, 5.74) is 5.81. The predicted molar refractivity (Wildman–Crippen MR) is 48.1 cm³/mol. The summed E-state index contributed by atoms with van der Waals surface area (Å²) in [7, 11) is 0. The van der Waals surface area contributed by atoms with Crippen LogP contribution in [0.1, 0.15) is 24.7 Å². The highest BCUT2D eigenvalue weighted by Gasteiger charge is 2.29. The zero-order chi connectivity index (χ0) is 9.97. The fraction of sp³-hybridized carbons (Fsp3) is 0.714. The Labute approximate surface area is 80.2 Å². The van der Waals surface area contributed by atoms with Gasteiger partial charge in [-0.1, -0.05) is 0 Å². The van der Waals surface area contributed by atoms with Crippen molar-refractivity contribution in [2.75, 3.05) is 18.8 Å². The molecule has 1 aliphatic rings. The van der Waals surface area contributed by atoms with Crippen molar-refractivity contribution >= 4 is 5.82 Å². The first kappa shape index (κ1) is 9.07. The van der Waals surface area contributed by atoms with E-state index in [1.165, 1.54) is 0 Å². The molecule has 0 amide bonds. The molecule has 2 heterocycles. The highest BCUT2D eigenvalue weighted by molar-refractivity contribution is 5.33. The van der Waals surface area contributed by atoms with Crippen LogP contribution < -0.4 is 5.73 Å². The third kappa shape index (κ3) is 1.46. The molecule has 1 saturated heterocycles. The van der Waals surface area contributed by atoms with E-state index in [-0.39, 0.29) is 5.82 Å². The molecule has 1 aliphatic heterocycles. The number of nitrogen functional groups attached to an aromatic ring is 1. The summed E-state index contributed by atoms with van der Waals surface area (Å²) >= 11 is 0. The first-order valence-corrected chi connectivity index (χ1v) is 4.47. The van der Waals surface area contributed by atoms with Crippen molar-refractivity contribution in [3.05, 3.63) is 10.6 Å². The van der Waals surface area contributed by atoms with Gasteiger partial charge in [-0.3, -0.25) is 4.90 Å². The average Bonchev–Trinajstić information content (AvgIpc) is 2.80. The highest BCUT2D eigenvalue weighted by Crippen LogP contribution is 2.27. The smallest absolute Gasteiger partial charge is 0.195 e.